The predicted molar refractivity (Wildman–Crippen MR) is 53.9 cm³/mol. The van der Waals surface area contributed by atoms with Crippen molar-refractivity contribution in [2.75, 3.05) is 26.3 Å². The van der Waals surface area contributed by atoms with Crippen molar-refractivity contribution in [3.8, 4) is 0 Å². The lowest BCUT2D eigenvalue weighted by Crippen LogP contribution is -2.55. The van der Waals surface area contributed by atoms with Gasteiger partial charge < -0.3 is 9.64 Å². The molecule has 3 heteroatoms. The van der Waals surface area contributed by atoms with Crippen LogP contribution in [-0.4, -0.2) is 37.1 Å². The van der Waals surface area contributed by atoms with Crippen LogP contribution in [0.4, 0.5) is 0 Å². The summed E-state index contributed by atoms with van der Waals surface area (Å²) in [6.45, 7) is 7.33. The second-order valence-corrected chi connectivity index (χ2v) is 5.05. The third-order valence-corrected chi connectivity index (χ3v) is 3.30. The predicted octanol–water partition coefficient (Wildman–Crippen LogP) is 1.28. The molecule has 1 amide bonds. The van der Waals surface area contributed by atoms with Crippen LogP contribution in [0, 0.1) is 11.3 Å². The molecular formula is C11H19NO2. The van der Waals surface area contributed by atoms with E-state index in [-0.39, 0.29) is 5.41 Å². The maximum atomic E-state index is 12.1. The Hall–Kier alpha value is -0.570. The van der Waals surface area contributed by atoms with Crippen molar-refractivity contribution in [1.82, 2.24) is 4.90 Å². The number of piperidine rings is 1. The van der Waals surface area contributed by atoms with Gasteiger partial charge in [0.25, 0.3) is 0 Å². The van der Waals surface area contributed by atoms with Crippen LogP contribution in [0.1, 0.15) is 26.7 Å². The van der Waals surface area contributed by atoms with Crippen LogP contribution >= 0.6 is 0 Å². The first-order chi connectivity index (χ1) is 6.62. The molecule has 80 valence electrons. The number of likely N-dealkylation sites (tertiary alicyclic amines) is 1. The Bertz CT molecular complexity index is 235. The molecule has 0 N–H and O–H groups in total. The highest BCUT2D eigenvalue weighted by Crippen LogP contribution is 2.30. The Morgan fingerprint density at radius 1 is 1.50 bits per heavy atom. The first kappa shape index (κ1) is 9.97. The van der Waals surface area contributed by atoms with Gasteiger partial charge in [-0.3, -0.25) is 4.79 Å². The van der Waals surface area contributed by atoms with Crippen LogP contribution in [0.5, 0.6) is 0 Å². The van der Waals surface area contributed by atoms with E-state index >= 15 is 0 Å². The van der Waals surface area contributed by atoms with Gasteiger partial charge >= 0.3 is 0 Å². The zero-order chi connectivity index (χ0) is 10.2. The van der Waals surface area contributed by atoms with Gasteiger partial charge in [-0.15, -0.1) is 0 Å². The lowest BCUT2D eigenvalue weighted by Gasteiger charge is -2.42. The third kappa shape index (κ3) is 1.65. The summed E-state index contributed by atoms with van der Waals surface area (Å²) in [4.78, 5) is 14.1. The molecule has 0 radical (unpaired) electrons. The fraction of sp³-hybridized carbons (Fsp3) is 0.909. The minimum atomic E-state index is -0.211. The van der Waals surface area contributed by atoms with E-state index < -0.39 is 0 Å². The summed E-state index contributed by atoms with van der Waals surface area (Å²) in [7, 11) is 0. The molecule has 2 rings (SSSR count). The van der Waals surface area contributed by atoms with E-state index in [4.69, 9.17) is 4.74 Å². The van der Waals surface area contributed by atoms with Crippen molar-refractivity contribution < 1.29 is 9.53 Å². The molecule has 2 heterocycles. The number of amides is 1. The number of carbonyl (C=O) groups excluding carboxylic acids is 1. The first-order valence-corrected chi connectivity index (χ1v) is 5.49. The van der Waals surface area contributed by atoms with Gasteiger partial charge in [0.05, 0.1) is 18.6 Å². The number of hydrogen-bond acceptors (Lipinski definition) is 2. The fourth-order valence-electron chi connectivity index (χ4n) is 2.29. The highest BCUT2D eigenvalue weighted by atomic mass is 16.5. The van der Waals surface area contributed by atoms with E-state index in [1.165, 1.54) is 6.42 Å². The molecule has 2 fully saturated rings. The second-order valence-electron chi connectivity index (χ2n) is 5.05. The molecule has 2 saturated heterocycles. The Morgan fingerprint density at radius 2 is 2.21 bits per heavy atom. The number of nitrogens with zero attached hydrogens (tertiary/aromatic N) is 1. The lowest BCUT2D eigenvalue weighted by atomic mass is 9.85. The van der Waals surface area contributed by atoms with Crippen molar-refractivity contribution in [3.05, 3.63) is 0 Å². The van der Waals surface area contributed by atoms with Crippen LogP contribution in [0.15, 0.2) is 0 Å². The Morgan fingerprint density at radius 3 is 2.71 bits per heavy atom. The average Bonchev–Trinajstić information content (AvgIpc) is 2.13. The molecule has 0 unspecified atom stereocenters. The molecule has 1 atom stereocenters. The number of hydrogen-bond donors (Lipinski definition) is 0. The summed E-state index contributed by atoms with van der Waals surface area (Å²) in [6.07, 6.45) is 2.42. The van der Waals surface area contributed by atoms with E-state index in [9.17, 15) is 4.79 Å². The lowest BCUT2D eigenvalue weighted by molar-refractivity contribution is -0.170. The summed E-state index contributed by atoms with van der Waals surface area (Å²) in [5.41, 5.74) is -0.211. The van der Waals surface area contributed by atoms with Crippen molar-refractivity contribution >= 4 is 5.91 Å². The van der Waals surface area contributed by atoms with Gasteiger partial charge in [0.2, 0.25) is 5.91 Å². The Balaban J connectivity index is 1.96. The minimum Gasteiger partial charge on any atom is -0.379 e. The van der Waals surface area contributed by atoms with Gasteiger partial charge in [-0.1, -0.05) is 6.92 Å². The average molecular weight is 197 g/mol. The third-order valence-electron chi connectivity index (χ3n) is 3.30. The largest absolute Gasteiger partial charge is 0.379 e. The highest BCUT2D eigenvalue weighted by molar-refractivity contribution is 5.83. The van der Waals surface area contributed by atoms with Crippen molar-refractivity contribution in [2.45, 2.75) is 26.7 Å². The van der Waals surface area contributed by atoms with Gasteiger partial charge in [0.15, 0.2) is 0 Å². The minimum absolute atomic E-state index is 0.211. The van der Waals surface area contributed by atoms with E-state index in [1.54, 1.807) is 0 Å². The first-order valence-electron chi connectivity index (χ1n) is 5.49. The van der Waals surface area contributed by atoms with Crippen LogP contribution < -0.4 is 0 Å². The van der Waals surface area contributed by atoms with Crippen molar-refractivity contribution in [2.24, 2.45) is 11.3 Å². The molecule has 0 saturated carbocycles. The van der Waals surface area contributed by atoms with Gasteiger partial charge in [-0.2, -0.15) is 0 Å². The SMILES string of the molecule is C[C@@H]1CCCN(C(=O)C2(C)COC2)C1. The van der Waals surface area contributed by atoms with Gasteiger partial charge in [0, 0.05) is 13.1 Å². The number of rotatable bonds is 1. The standard InChI is InChI=1S/C11H19NO2/c1-9-4-3-5-12(6-9)10(13)11(2)7-14-8-11/h9H,3-8H2,1-2H3/t9-/m1/s1. The highest BCUT2D eigenvalue weighted by Gasteiger charge is 2.44. The molecule has 14 heavy (non-hydrogen) atoms. The molecule has 2 aliphatic rings. The molecule has 0 aliphatic carbocycles. The zero-order valence-corrected chi connectivity index (χ0v) is 9.08. The maximum absolute atomic E-state index is 12.1. The Kier molecular flexibility index (Phi) is 2.52. The Labute approximate surface area is 85.4 Å². The van der Waals surface area contributed by atoms with E-state index in [2.05, 4.69) is 6.92 Å². The maximum Gasteiger partial charge on any atom is 0.233 e. The summed E-state index contributed by atoms with van der Waals surface area (Å²) in [6, 6.07) is 0. The molecule has 0 bridgehead atoms. The smallest absolute Gasteiger partial charge is 0.233 e. The van der Waals surface area contributed by atoms with Gasteiger partial charge in [-0.25, -0.2) is 0 Å². The van der Waals surface area contributed by atoms with E-state index in [1.807, 2.05) is 11.8 Å². The van der Waals surface area contributed by atoms with Crippen LogP contribution in [0.2, 0.25) is 0 Å². The molecule has 3 nitrogen and oxygen atoms in total. The van der Waals surface area contributed by atoms with Gasteiger partial charge in [-0.05, 0) is 25.7 Å². The van der Waals surface area contributed by atoms with Crippen molar-refractivity contribution in [3.63, 3.8) is 0 Å². The number of ether oxygens (including phenoxy) is 1. The van der Waals surface area contributed by atoms with Crippen LogP contribution in [-0.2, 0) is 9.53 Å². The zero-order valence-electron chi connectivity index (χ0n) is 9.08. The molecule has 0 aromatic carbocycles. The number of carbonyl (C=O) groups is 1. The molecule has 2 aliphatic heterocycles. The van der Waals surface area contributed by atoms with Crippen molar-refractivity contribution in [1.29, 1.82) is 0 Å². The van der Waals surface area contributed by atoms with E-state index in [0.717, 1.165) is 19.5 Å². The molecule has 0 aromatic rings. The summed E-state index contributed by atoms with van der Waals surface area (Å²) in [5, 5.41) is 0. The fourth-order valence-corrected chi connectivity index (χ4v) is 2.29. The van der Waals surface area contributed by atoms with Crippen LogP contribution in [0.25, 0.3) is 0 Å². The summed E-state index contributed by atoms with van der Waals surface area (Å²) in [5.74, 6) is 0.965. The molecular weight excluding hydrogens is 178 g/mol. The normalized spacial score (nSPS) is 31.0. The van der Waals surface area contributed by atoms with Gasteiger partial charge in [0.1, 0.15) is 0 Å². The second kappa shape index (κ2) is 3.54. The van der Waals surface area contributed by atoms with E-state index in [0.29, 0.717) is 25.0 Å². The molecule has 0 spiro atoms. The quantitative estimate of drug-likeness (QED) is 0.633. The molecule has 0 aromatic heterocycles. The summed E-state index contributed by atoms with van der Waals surface area (Å²) >= 11 is 0. The van der Waals surface area contributed by atoms with Crippen LogP contribution in [0.3, 0.4) is 0 Å². The topological polar surface area (TPSA) is 29.5 Å². The monoisotopic (exact) mass is 197 g/mol. The summed E-state index contributed by atoms with van der Waals surface area (Å²) < 4.78 is 5.13.